The second kappa shape index (κ2) is 19.9. The number of aromatic nitrogens is 1. The maximum Gasteiger partial charge on any atom is 0.345 e. The highest BCUT2D eigenvalue weighted by Gasteiger charge is 2.23. The molecule has 3 fully saturated rings. The number of likely N-dealkylation sites (tertiary alicyclic amines) is 1. The molecule has 4 N–H and O–H groups in total. The lowest BCUT2D eigenvalue weighted by Crippen LogP contribution is -2.38. The van der Waals surface area contributed by atoms with Crippen LogP contribution in [0.25, 0.3) is 0 Å². The molecule has 1 aromatic heterocycles. The third kappa shape index (κ3) is 15.4. The quantitative estimate of drug-likeness (QED) is 0.158. The van der Waals surface area contributed by atoms with Crippen molar-refractivity contribution in [3.63, 3.8) is 0 Å². The van der Waals surface area contributed by atoms with Gasteiger partial charge in [0.2, 0.25) is 11.8 Å². The van der Waals surface area contributed by atoms with Gasteiger partial charge in [0.15, 0.2) is 0 Å². The average Bonchev–Trinajstić information content (AvgIpc) is 3.50. The number of hydrogen-bond acceptors (Lipinski definition) is 8. The lowest BCUT2D eigenvalue weighted by atomic mass is 9.92. The highest BCUT2D eigenvalue weighted by Crippen LogP contribution is 2.24. The Bertz CT molecular complexity index is 1040. The highest BCUT2D eigenvalue weighted by atomic mass is 16.5. The Hall–Kier alpha value is -3.41. The fourth-order valence-corrected chi connectivity index (χ4v) is 5.02. The molecule has 1 aromatic rings. The molecule has 1 unspecified atom stereocenters. The topological polar surface area (TPSA) is 151 Å². The van der Waals surface area contributed by atoms with E-state index in [9.17, 15) is 14.4 Å². The number of nitrogens with one attached hydrogen (secondary N) is 2. The first-order chi connectivity index (χ1) is 21.4. The van der Waals surface area contributed by atoms with E-state index in [0.29, 0.717) is 36.8 Å². The molecule has 1 atom stereocenters. The second-order valence-electron chi connectivity index (χ2n) is 13.1. The van der Waals surface area contributed by atoms with Gasteiger partial charge in [-0.1, -0.05) is 13.8 Å². The molecule has 0 spiro atoms. The minimum atomic E-state index is -0.318. The number of rotatable bonds is 9. The second-order valence-corrected chi connectivity index (χ2v) is 13.1. The minimum Gasteiger partial charge on any atom is -0.478 e. The number of nitrogens with zero attached hydrogens (tertiary/aromatic N) is 4. The Morgan fingerprint density at radius 1 is 1.20 bits per heavy atom. The van der Waals surface area contributed by atoms with Crippen LogP contribution in [0.2, 0.25) is 0 Å². The summed E-state index contributed by atoms with van der Waals surface area (Å²) in [5.41, 5.74) is 6.65. The molecular formula is C33H57N7O5. The summed E-state index contributed by atoms with van der Waals surface area (Å²) in [5.74, 6) is 2.04. The molecule has 0 saturated carbocycles. The van der Waals surface area contributed by atoms with Gasteiger partial charge in [0.1, 0.15) is 11.4 Å². The molecule has 0 aliphatic carbocycles. The Kier molecular flexibility index (Phi) is 16.7. The van der Waals surface area contributed by atoms with Crippen molar-refractivity contribution in [2.45, 2.75) is 97.6 Å². The number of urea groups is 1. The van der Waals surface area contributed by atoms with Crippen molar-refractivity contribution in [2.75, 3.05) is 51.3 Å². The van der Waals surface area contributed by atoms with E-state index in [1.807, 2.05) is 58.8 Å². The number of amides is 3. The van der Waals surface area contributed by atoms with Crippen LogP contribution in [0.3, 0.4) is 0 Å². The predicted octanol–water partition coefficient (Wildman–Crippen LogP) is 4.13. The van der Waals surface area contributed by atoms with Gasteiger partial charge in [0, 0.05) is 57.2 Å². The Balaban J connectivity index is 0.000000414. The van der Waals surface area contributed by atoms with Crippen LogP contribution in [-0.4, -0.2) is 92.2 Å². The third-order valence-corrected chi connectivity index (χ3v) is 7.94. The van der Waals surface area contributed by atoms with Crippen LogP contribution in [0.1, 0.15) is 86.0 Å². The van der Waals surface area contributed by atoms with Gasteiger partial charge in [-0.25, -0.2) is 9.78 Å². The summed E-state index contributed by atoms with van der Waals surface area (Å²) in [7, 11) is 2.02. The molecule has 3 aliphatic heterocycles. The number of ether oxygens (including phenoxy) is 2. The summed E-state index contributed by atoms with van der Waals surface area (Å²) < 4.78 is 10.4. The maximum absolute atomic E-state index is 12.2. The zero-order valence-corrected chi connectivity index (χ0v) is 28.3. The molecule has 254 valence electrons. The van der Waals surface area contributed by atoms with Gasteiger partial charge in [0.05, 0.1) is 18.5 Å². The summed E-state index contributed by atoms with van der Waals surface area (Å²) in [4.78, 5) is 44.8. The van der Waals surface area contributed by atoms with Crippen molar-refractivity contribution in [3.05, 3.63) is 18.3 Å². The van der Waals surface area contributed by atoms with Gasteiger partial charge >= 0.3 is 6.03 Å². The summed E-state index contributed by atoms with van der Waals surface area (Å²) in [6.07, 6.45) is 10.2. The van der Waals surface area contributed by atoms with Crippen molar-refractivity contribution in [1.29, 1.82) is 0 Å². The van der Waals surface area contributed by atoms with Crippen LogP contribution < -0.4 is 26.0 Å². The van der Waals surface area contributed by atoms with Gasteiger partial charge in [-0.3, -0.25) is 9.59 Å². The predicted molar refractivity (Wildman–Crippen MR) is 179 cm³/mol. The SMILES string of the molecule is CC(C)(C)OC=O.CNC1CCN(c2ccc(OCCCC3CCN(C(=O)/N=C(\N)C(C)C)CC3)nc2)C1.O=C1CCCCN1. The van der Waals surface area contributed by atoms with E-state index < -0.39 is 0 Å². The number of likely N-dealkylation sites (N-methyl/N-ethyl adjacent to an activating group) is 1. The number of hydrogen-bond donors (Lipinski definition) is 3. The summed E-state index contributed by atoms with van der Waals surface area (Å²) in [6.45, 7) is 15.0. The van der Waals surface area contributed by atoms with Crippen molar-refractivity contribution < 1.29 is 23.9 Å². The number of carbonyl (C=O) groups excluding carboxylic acids is 3. The molecule has 12 nitrogen and oxygen atoms in total. The highest BCUT2D eigenvalue weighted by molar-refractivity contribution is 5.93. The summed E-state index contributed by atoms with van der Waals surface area (Å²) in [5, 5.41) is 6.08. The fourth-order valence-electron chi connectivity index (χ4n) is 5.02. The van der Waals surface area contributed by atoms with Gasteiger partial charge in [-0.15, -0.1) is 0 Å². The fraction of sp³-hybridized carbons (Fsp3) is 0.727. The van der Waals surface area contributed by atoms with Crippen LogP contribution in [0.15, 0.2) is 23.3 Å². The monoisotopic (exact) mass is 631 g/mol. The first-order valence-electron chi connectivity index (χ1n) is 16.4. The lowest BCUT2D eigenvalue weighted by Gasteiger charge is -2.30. The van der Waals surface area contributed by atoms with E-state index in [4.69, 9.17) is 10.5 Å². The summed E-state index contributed by atoms with van der Waals surface area (Å²) in [6, 6.07) is 4.43. The van der Waals surface area contributed by atoms with Gasteiger partial charge in [0.25, 0.3) is 6.47 Å². The van der Waals surface area contributed by atoms with E-state index in [-0.39, 0.29) is 23.5 Å². The van der Waals surface area contributed by atoms with Gasteiger partial charge in [-0.05, 0) is 84.7 Å². The molecule has 0 bridgehead atoms. The molecule has 12 heteroatoms. The van der Waals surface area contributed by atoms with E-state index in [1.165, 1.54) is 6.42 Å². The number of pyridine rings is 1. The standard InChI is InChI=1S/C23H38N6O2.C5H9NO.C5H10O2/c1-17(2)22(24)27-23(30)28-11-8-18(9-12-28)5-4-14-31-21-7-6-20(15-26-21)29-13-10-19(16-29)25-3;7-5-3-1-2-4-6-5;1-5(2,3)7-4-6/h6-7,15,17-19,25H,4-5,8-14,16H2,1-3H3,(H2,24,27,30);1-4H2,(H,6,7);4H,1-3H3. The van der Waals surface area contributed by atoms with Crippen LogP contribution in [0.4, 0.5) is 10.5 Å². The van der Waals surface area contributed by atoms with Crippen molar-refractivity contribution >= 4 is 29.9 Å². The van der Waals surface area contributed by atoms with Crippen molar-refractivity contribution in [3.8, 4) is 5.88 Å². The maximum atomic E-state index is 12.2. The van der Waals surface area contributed by atoms with Crippen LogP contribution in [-0.2, 0) is 14.3 Å². The zero-order chi connectivity index (χ0) is 33.2. The molecular weight excluding hydrogens is 574 g/mol. The molecule has 3 amide bonds. The summed E-state index contributed by atoms with van der Waals surface area (Å²) >= 11 is 0. The van der Waals surface area contributed by atoms with Crippen LogP contribution in [0.5, 0.6) is 5.88 Å². The minimum absolute atomic E-state index is 0.0955. The largest absolute Gasteiger partial charge is 0.478 e. The number of amidine groups is 1. The van der Waals surface area contributed by atoms with Crippen LogP contribution >= 0.6 is 0 Å². The molecule has 4 rings (SSSR count). The normalized spacial score (nSPS) is 19.1. The first kappa shape index (κ1) is 37.8. The van der Waals surface area contributed by atoms with Gasteiger partial charge < -0.3 is 35.6 Å². The van der Waals surface area contributed by atoms with E-state index >= 15 is 0 Å². The smallest absolute Gasteiger partial charge is 0.345 e. The number of anilines is 1. The molecule has 0 radical (unpaired) electrons. The Labute approximate surface area is 269 Å². The first-order valence-corrected chi connectivity index (χ1v) is 16.4. The Morgan fingerprint density at radius 2 is 1.93 bits per heavy atom. The van der Waals surface area contributed by atoms with E-state index in [2.05, 4.69) is 36.3 Å². The third-order valence-electron chi connectivity index (χ3n) is 7.94. The molecule has 3 saturated heterocycles. The van der Waals surface area contributed by atoms with Crippen molar-refractivity contribution in [1.82, 2.24) is 20.5 Å². The molecule has 45 heavy (non-hydrogen) atoms. The zero-order valence-electron chi connectivity index (χ0n) is 28.3. The molecule has 4 heterocycles. The molecule has 3 aliphatic rings. The number of piperidine rings is 2. The Morgan fingerprint density at radius 3 is 2.40 bits per heavy atom. The van der Waals surface area contributed by atoms with Crippen LogP contribution in [0, 0.1) is 11.8 Å². The number of nitrogens with two attached hydrogens (primary N) is 1. The molecule has 0 aromatic carbocycles. The van der Waals surface area contributed by atoms with E-state index in [0.717, 1.165) is 83.4 Å². The number of carbonyl (C=O) groups is 3. The lowest BCUT2D eigenvalue weighted by molar-refractivity contribution is -0.138. The number of aliphatic imine (C=N–C) groups is 1. The average molecular weight is 632 g/mol. The van der Waals surface area contributed by atoms with Gasteiger partial charge in [-0.2, -0.15) is 4.99 Å². The van der Waals surface area contributed by atoms with E-state index in [1.54, 1.807) is 0 Å². The van der Waals surface area contributed by atoms with Crippen molar-refractivity contribution in [2.24, 2.45) is 22.6 Å².